The van der Waals surface area contributed by atoms with Crippen LogP contribution in [-0.4, -0.2) is 32.0 Å². The number of halogens is 2. The van der Waals surface area contributed by atoms with Gasteiger partial charge in [-0.25, -0.2) is 0 Å². The highest BCUT2D eigenvalue weighted by atomic mass is 127. The van der Waals surface area contributed by atoms with Crippen LogP contribution in [0.4, 0.5) is 0 Å². The summed E-state index contributed by atoms with van der Waals surface area (Å²) >= 11 is 8.30. The summed E-state index contributed by atoms with van der Waals surface area (Å²) in [6.45, 7) is 0.295. The summed E-state index contributed by atoms with van der Waals surface area (Å²) in [7, 11) is 4.74. The van der Waals surface area contributed by atoms with Crippen molar-refractivity contribution >= 4 is 46.2 Å². The number of nitrogens with zero attached hydrogens (tertiary/aromatic N) is 2. The van der Waals surface area contributed by atoms with E-state index in [-0.39, 0.29) is 11.5 Å². The highest BCUT2D eigenvalue weighted by Gasteiger charge is 2.15. The Morgan fingerprint density at radius 2 is 2.04 bits per heavy atom. The van der Waals surface area contributed by atoms with E-state index >= 15 is 0 Å². The first kappa shape index (κ1) is 21.1. The second-order valence-electron chi connectivity index (χ2n) is 5.78. The molecular formula is C20H18ClIN2O3. The highest BCUT2D eigenvalue weighted by Crippen LogP contribution is 2.35. The number of carbonyl (C=O) groups excluding carboxylic acids is 1. The molecule has 0 radical (unpaired) electrons. The van der Waals surface area contributed by atoms with Gasteiger partial charge in [0.15, 0.2) is 11.5 Å². The van der Waals surface area contributed by atoms with Crippen molar-refractivity contribution < 1.29 is 14.3 Å². The molecule has 2 aromatic rings. The number of amides is 1. The smallest absolute Gasteiger partial charge is 0.264 e. The monoisotopic (exact) mass is 496 g/mol. The molecule has 0 spiro atoms. The molecule has 0 saturated carbocycles. The topological polar surface area (TPSA) is 62.6 Å². The summed E-state index contributed by atoms with van der Waals surface area (Å²) in [4.78, 5) is 13.4. The average Bonchev–Trinajstić information content (AvgIpc) is 2.65. The molecule has 0 aliphatic carbocycles. The van der Waals surface area contributed by atoms with Gasteiger partial charge in [-0.3, -0.25) is 4.79 Å². The number of methoxy groups -OCH3 is 1. The Balaban J connectivity index is 2.33. The number of rotatable bonds is 6. The van der Waals surface area contributed by atoms with Crippen LogP contribution in [0.15, 0.2) is 42.0 Å². The van der Waals surface area contributed by atoms with Gasteiger partial charge in [0.25, 0.3) is 5.91 Å². The van der Waals surface area contributed by atoms with Crippen molar-refractivity contribution in [2.75, 3.05) is 21.2 Å². The van der Waals surface area contributed by atoms with Crippen LogP contribution < -0.4 is 9.47 Å². The fourth-order valence-corrected chi connectivity index (χ4v) is 3.25. The Hall–Kier alpha value is -2.24. The lowest BCUT2D eigenvalue weighted by molar-refractivity contribution is -0.124. The summed E-state index contributed by atoms with van der Waals surface area (Å²) in [6.07, 6.45) is 1.53. The molecule has 0 aliphatic rings. The zero-order valence-electron chi connectivity index (χ0n) is 15.1. The van der Waals surface area contributed by atoms with Crippen LogP contribution in [0.5, 0.6) is 11.5 Å². The number of hydrogen-bond acceptors (Lipinski definition) is 4. The average molecular weight is 497 g/mol. The van der Waals surface area contributed by atoms with Gasteiger partial charge in [-0.15, -0.1) is 0 Å². The molecule has 5 nitrogen and oxygen atoms in total. The molecule has 0 bridgehead atoms. The van der Waals surface area contributed by atoms with E-state index in [4.69, 9.17) is 21.1 Å². The molecule has 2 rings (SSSR count). The van der Waals surface area contributed by atoms with Gasteiger partial charge in [0.2, 0.25) is 0 Å². The Morgan fingerprint density at radius 1 is 1.33 bits per heavy atom. The summed E-state index contributed by atoms with van der Waals surface area (Å²) in [5.41, 5.74) is 1.58. The lowest BCUT2D eigenvalue weighted by atomic mass is 10.1. The van der Waals surface area contributed by atoms with E-state index in [1.807, 2.05) is 36.4 Å². The van der Waals surface area contributed by atoms with Crippen LogP contribution >= 0.6 is 34.2 Å². The van der Waals surface area contributed by atoms with Crippen molar-refractivity contribution in [3.8, 4) is 17.6 Å². The standard InChI is InChI=1S/C20H18ClIN2O3/c1-24(2)20(25)15(11-23)8-13-9-17(22)19(18(10-13)26-3)27-12-14-6-4-5-7-16(14)21/h4-10H,12H2,1-3H3/b15-8-. The molecule has 1 amide bonds. The van der Waals surface area contributed by atoms with Crippen LogP contribution in [0.25, 0.3) is 6.08 Å². The highest BCUT2D eigenvalue weighted by molar-refractivity contribution is 14.1. The van der Waals surface area contributed by atoms with Crippen LogP contribution in [0, 0.1) is 14.9 Å². The third-order valence-electron chi connectivity index (χ3n) is 3.65. The van der Waals surface area contributed by atoms with Crippen molar-refractivity contribution in [2.45, 2.75) is 6.61 Å². The Kier molecular flexibility index (Phi) is 7.51. The Morgan fingerprint density at radius 3 is 2.63 bits per heavy atom. The van der Waals surface area contributed by atoms with E-state index in [1.54, 1.807) is 20.2 Å². The maximum absolute atomic E-state index is 12.0. The molecule has 0 aliphatic heterocycles. The van der Waals surface area contributed by atoms with E-state index in [0.717, 1.165) is 9.13 Å². The van der Waals surface area contributed by atoms with Gasteiger partial charge in [0.05, 0.1) is 10.7 Å². The molecule has 140 valence electrons. The van der Waals surface area contributed by atoms with Crippen molar-refractivity contribution in [3.63, 3.8) is 0 Å². The lowest BCUT2D eigenvalue weighted by Crippen LogP contribution is -2.22. The van der Waals surface area contributed by atoms with E-state index < -0.39 is 0 Å². The first-order valence-electron chi connectivity index (χ1n) is 7.94. The number of ether oxygens (including phenoxy) is 2. The van der Waals surface area contributed by atoms with Crippen LogP contribution in [0.2, 0.25) is 5.02 Å². The molecule has 0 fully saturated rings. The molecule has 0 atom stereocenters. The quantitative estimate of drug-likeness (QED) is 0.335. The molecule has 2 aromatic carbocycles. The summed E-state index contributed by atoms with van der Waals surface area (Å²) in [5.74, 6) is 0.730. The van der Waals surface area contributed by atoms with Gasteiger partial charge in [-0.1, -0.05) is 29.8 Å². The summed E-state index contributed by atoms with van der Waals surface area (Å²) in [5, 5.41) is 9.89. The largest absolute Gasteiger partial charge is 0.493 e. The molecule has 0 N–H and O–H groups in total. The zero-order chi connectivity index (χ0) is 20.0. The Bertz CT molecular complexity index is 920. The third-order valence-corrected chi connectivity index (χ3v) is 4.82. The first-order chi connectivity index (χ1) is 12.9. The maximum atomic E-state index is 12.0. The third kappa shape index (κ3) is 5.37. The van der Waals surface area contributed by atoms with Crippen molar-refractivity contribution in [3.05, 3.63) is 61.7 Å². The van der Waals surface area contributed by atoms with Crippen LogP contribution in [0.3, 0.4) is 0 Å². The number of likely N-dealkylation sites (N-methyl/N-ethyl adjacent to an activating group) is 1. The first-order valence-corrected chi connectivity index (χ1v) is 9.40. The van der Waals surface area contributed by atoms with Gasteiger partial charge >= 0.3 is 0 Å². The normalized spacial score (nSPS) is 10.9. The molecule has 0 saturated heterocycles. The molecule has 0 unspecified atom stereocenters. The summed E-state index contributed by atoms with van der Waals surface area (Å²) < 4.78 is 12.1. The van der Waals surface area contributed by atoms with Crippen molar-refractivity contribution in [2.24, 2.45) is 0 Å². The number of benzene rings is 2. The van der Waals surface area contributed by atoms with Crippen LogP contribution in [0.1, 0.15) is 11.1 Å². The van der Waals surface area contributed by atoms with Gasteiger partial charge in [-0.05, 0) is 52.4 Å². The van der Waals surface area contributed by atoms with E-state index in [2.05, 4.69) is 22.6 Å². The van der Waals surface area contributed by atoms with E-state index in [9.17, 15) is 10.1 Å². The van der Waals surface area contributed by atoms with E-state index in [1.165, 1.54) is 18.1 Å². The van der Waals surface area contributed by atoms with Gasteiger partial charge in [0, 0.05) is 24.7 Å². The minimum absolute atomic E-state index is 0.0441. The molecule has 27 heavy (non-hydrogen) atoms. The molecular weight excluding hydrogens is 479 g/mol. The number of nitriles is 1. The number of carbonyl (C=O) groups is 1. The fraction of sp³-hybridized carbons (Fsp3) is 0.200. The predicted molar refractivity (Wildman–Crippen MR) is 114 cm³/mol. The second-order valence-corrected chi connectivity index (χ2v) is 7.35. The SMILES string of the molecule is COc1cc(/C=C(/C#N)C(=O)N(C)C)cc(I)c1OCc1ccccc1Cl. The van der Waals surface area contributed by atoms with E-state index in [0.29, 0.717) is 28.7 Å². The van der Waals surface area contributed by atoms with Crippen LogP contribution in [-0.2, 0) is 11.4 Å². The van der Waals surface area contributed by atoms with Gasteiger partial charge in [0.1, 0.15) is 18.2 Å². The fourth-order valence-electron chi connectivity index (χ4n) is 2.28. The van der Waals surface area contributed by atoms with Crippen molar-refractivity contribution in [1.82, 2.24) is 4.90 Å². The maximum Gasteiger partial charge on any atom is 0.264 e. The molecule has 0 aromatic heterocycles. The minimum Gasteiger partial charge on any atom is -0.493 e. The second kappa shape index (κ2) is 9.62. The molecule has 7 heteroatoms. The van der Waals surface area contributed by atoms with Gasteiger partial charge < -0.3 is 14.4 Å². The predicted octanol–water partition coefficient (Wildman–Crippen LogP) is 4.53. The summed E-state index contributed by atoms with van der Waals surface area (Å²) in [6, 6.07) is 12.9. The minimum atomic E-state index is -0.356. The van der Waals surface area contributed by atoms with Crippen molar-refractivity contribution in [1.29, 1.82) is 5.26 Å². The lowest BCUT2D eigenvalue weighted by Gasteiger charge is -2.14. The Labute approximate surface area is 177 Å². The number of hydrogen-bond donors (Lipinski definition) is 0. The molecule has 0 heterocycles. The zero-order valence-corrected chi connectivity index (χ0v) is 18.0. The van der Waals surface area contributed by atoms with Gasteiger partial charge in [-0.2, -0.15) is 5.26 Å².